The Hall–Kier alpha value is -1.13. The average molecular weight is 415 g/mol. The predicted octanol–water partition coefficient (Wildman–Crippen LogP) is 4.90. The van der Waals surface area contributed by atoms with E-state index in [1.807, 2.05) is 6.08 Å². The molecule has 4 aliphatic carbocycles. The lowest BCUT2D eigenvalue weighted by molar-refractivity contribution is -0.214. The fourth-order valence-electron chi connectivity index (χ4n) is 8.93. The maximum atomic E-state index is 12.2. The molecular weight excluding hydrogens is 376 g/mol. The lowest BCUT2D eigenvalue weighted by Crippen LogP contribution is -2.63. The summed E-state index contributed by atoms with van der Waals surface area (Å²) in [7, 11) is 0. The Morgan fingerprint density at radius 3 is 2.60 bits per heavy atom. The molecule has 0 amide bonds. The van der Waals surface area contributed by atoms with Crippen molar-refractivity contribution in [1.82, 2.24) is 0 Å². The highest BCUT2D eigenvalue weighted by Crippen LogP contribution is 2.70. The Morgan fingerprint density at radius 1 is 1.10 bits per heavy atom. The van der Waals surface area contributed by atoms with Gasteiger partial charge in [0.1, 0.15) is 0 Å². The summed E-state index contributed by atoms with van der Waals surface area (Å²) in [6.45, 7) is 8.59. The van der Waals surface area contributed by atoms with Crippen molar-refractivity contribution >= 4 is 5.97 Å². The second kappa shape index (κ2) is 6.68. The van der Waals surface area contributed by atoms with Gasteiger partial charge in [-0.3, -0.25) is 4.79 Å². The monoisotopic (exact) mass is 414 g/mol. The van der Waals surface area contributed by atoms with Crippen LogP contribution in [0.15, 0.2) is 24.5 Å². The Balaban J connectivity index is 1.42. The normalized spacial score (nSPS) is 52.7. The van der Waals surface area contributed by atoms with Crippen molar-refractivity contribution in [2.75, 3.05) is 0 Å². The Bertz CT molecular complexity index is 788. The molecule has 4 nitrogen and oxygen atoms in total. The number of carbonyl (C=O) groups excluding carboxylic acids is 1. The number of rotatable bonds is 3. The summed E-state index contributed by atoms with van der Waals surface area (Å²) < 4.78 is 5.15. The summed E-state index contributed by atoms with van der Waals surface area (Å²) in [5.74, 6) is 1.49. The fourth-order valence-corrected chi connectivity index (χ4v) is 8.93. The van der Waals surface area contributed by atoms with Crippen LogP contribution in [-0.4, -0.2) is 27.4 Å². The van der Waals surface area contributed by atoms with E-state index in [0.29, 0.717) is 30.6 Å². The number of aliphatic hydroxyl groups is 2. The maximum Gasteiger partial charge on any atom is 0.314 e. The van der Waals surface area contributed by atoms with Crippen molar-refractivity contribution in [1.29, 1.82) is 0 Å². The average Bonchev–Trinajstić information content (AvgIpc) is 3.23. The number of esters is 1. The molecule has 0 bridgehead atoms. The third-order valence-corrected chi connectivity index (χ3v) is 10.7. The second-order valence-corrected chi connectivity index (χ2v) is 11.7. The number of hydrogen-bond acceptors (Lipinski definition) is 4. The molecule has 166 valence electrons. The summed E-state index contributed by atoms with van der Waals surface area (Å²) in [4.78, 5) is 11.7. The molecule has 4 saturated carbocycles. The van der Waals surface area contributed by atoms with Gasteiger partial charge >= 0.3 is 5.97 Å². The standard InChI is InChI=1S/C26H38O4/c1-4-9-25(28)13-12-23(2)18(15-25)5-6-21-20(23)7-10-24(3)19(8-11-26(21,24)29)17-14-22(27)30-16-17/h4,16,18-21,28-29H,1,5-15H2,2-3H3/t18-,19-,20+,21-,23+,24-,25+,26+/m1/s1. The van der Waals surface area contributed by atoms with Crippen LogP contribution in [0.25, 0.3) is 0 Å². The van der Waals surface area contributed by atoms with Gasteiger partial charge in [0.05, 0.1) is 23.9 Å². The zero-order chi connectivity index (χ0) is 21.4. The van der Waals surface area contributed by atoms with Gasteiger partial charge in [0.2, 0.25) is 0 Å². The lowest BCUT2D eigenvalue weighted by atomic mass is 9.42. The number of fused-ring (bicyclic) bond motifs is 5. The van der Waals surface area contributed by atoms with Crippen molar-refractivity contribution in [2.24, 2.45) is 34.5 Å². The highest BCUT2D eigenvalue weighted by atomic mass is 16.5. The van der Waals surface area contributed by atoms with Gasteiger partial charge in [0, 0.05) is 5.41 Å². The number of carbonyl (C=O) groups is 1. The molecule has 4 fully saturated rings. The molecule has 0 spiro atoms. The Morgan fingerprint density at radius 2 is 1.90 bits per heavy atom. The molecule has 1 aliphatic heterocycles. The number of cyclic esters (lactones) is 1. The topological polar surface area (TPSA) is 66.8 Å². The van der Waals surface area contributed by atoms with E-state index in [9.17, 15) is 15.0 Å². The van der Waals surface area contributed by atoms with Gasteiger partial charge in [0.15, 0.2) is 0 Å². The van der Waals surface area contributed by atoms with Crippen LogP contribution in [0.2, 0.25) is 0 Å². The van der Waals surface area contributed by atoms with Crippen LogP contribution in [0.4, 0.5) is 0 Å². The third kappa shape index (κ3) is 2.68. The number of ether oxygens (including phenoxy) is 1. The van der Waals surface area contributed by atoms with E-state index in [2.05, 4.69) is 20.4 Å². The molecule has 0 unspecified atom stereocenters. The molecule has 4 heteroatoms. The van der Waals surface area contributed by atoms with Crippen LogP contribution in [0.5, 0.6) is 0 Å². The van der Waals surface area contributed by atoms with Gasteiger partial charge in [-0.2, -0.15) is 0 Å². The highest BCUT2D eigenvalue weighted by Gasteiger charge is 2.68. The van der Waals surface area contributed by atoms with Crippen molar-refractivity contribution in [3.05, 3.63) is 24.5 Å². The summed E-state index contributed by atoms with van der Waals surface area (Å²) in [5, 5.41) is 23.3. The third-order valence-electron chi connectivity index (χ3n) is 10.7. The number of hydrogen-bond donors (Lipinski definition) is 2. The van der Waals surface area contributed by atoms with Gasteiger partial charge in [0.25, 0.3) is 0 Å². The van der Waals surface area contributed by atoms with E-state index in [4.69, 9.17) is 4.74 Å². The van der Waals surface area contributed by atoms with Crippen LogP contribution < -0.4 is 0 Å². The second-order valence-electron chi connectivity index (χ2n) is 11.7. The van der Waals surface area contributed by atoms with E-state index in [1.54, 1.807) is 6.26 Å². The molecule has 5 rings (SSSR count). The van der Waals surface area contributed by atoms with Gasteiger partial charge in [-0.25, -0.2) is 0 Å². The van der Waals surface area contributed by atoms with E-state index >= 15 is 0 Å². The van der Waals surface area contributed by atoms with Crippen molar-refractivity contribution in [3.8, 4) is 0 Å². The molecule has 0 saturated heterocycles. The molecule has 0 aromatic rings. The van der Waals surface area contributed by atoms with E-state index < -0.39 is 11.2 Å². The molecule has 30 heavy (non-hydrogen) atoms. The maximum absolute atomic E-state index is 12.2. The first-order chi connectivity index (χ1) is 14.2. The molecule has 0 radical (unpaired) electrons. The largest absolute Gasteiger partial charge is 0.434 e. The van der Waals surface area contributed by atoms with Crippen molar-refractivity contribution < 1.29 is 19.7 Å². The van der Waals surface area contributed by atoms with Crippen LogP contribution >= 0.6 is 0 Å². The smallest absolute Gasteiger partial charge is 0.314 e. The fraction of sp³-hybridized carbons (Fsp3) is 0.808. The van der Waals surface area contributed by atoms with Crippen LogP contribution in [-0.2, 0) is 9.53 Å². The molecule has 2 N–H and O–H groups in total. The molecule has 8 atom stereocenters. The van der Waals surface area contributed by atoms with E-state index in [1.165, 1.54) is 0 Å². The SMILES string of the molecule is C=CC[C@]1(O)CC[C@@]2(C)[C@H](CC[C@@H]3[C@@H]2CC[C@]2(C)[C@@H](C4=COC(=O)C4)CC[C@]32O)C1. The zero-order valence-corrected chi connectivity index (χ0v) is 18.7. The first-order valence-corrected chi connectivity index (χ1v) is 12.1. The highest BCUT2D eigenvalue weighted by molar-refractivity contribution is 5.76. The van der Waals surface area contributed by atoms with E-state index in [-0.39, 0.29) is 22.7 Å². The van der Waals surface area contributed by atoms with Gasteiger partial charge in [-0.05, 0) is 98.9 Å². The quantitative estimate of drug-likeness (QED) is 0.509. The van der Waals surface area contributed by atoms with Crippen LogP contribution in [0, 0.1) is 34.5 Å². The van der Waals surface area contributed by atoms with Crippen molar-refractivity contribution in [2.45, 2.75) is 95.7 Å². The minimum absolute atomic E-state index is 0.153. The van der Waals surface area contributed by atoms with E-state index in [0.717, 1.165) is 63.4 Å². The first-order valence-electron chi connectivity index (χ1n) is 12.1. The molecular formula is C26H38O4. The van der Waals surface area contributed by atoms with Gasteiger partial charge < -0.3 is 14.9 Å². The Labute approximate surface area is 180 Å². The summed E-state index contributed by atoms with van der Waals surface area (Å²) in [5.41, 5.74) is -0.106. The zero-order valence-electron chi connectivity index (χ0n) is 18.7. The minimum Gasteiger partial charge on any atom is -0.434 e. The lowest BCUT2D eigenvalue weighted by Gasteiger charge is -2.64. The van der Waals surface area contributed by atoms with Crippen LogP contribution in [0.3, 0.4) is 0 Å². The van der Waals surface area contributed by atoms with Gasteiger partial charge in [-0.15, -0.1) is 6.58 Å². The van der Waals surface area contributed by atoms with Crippen LogP contribution in [0.1, 0.15) is 84.5 Å². The Kier molecular flexibility index (Phi) is 4.62. The minimum atomic E-state index is -0.657. The summed E-state index contributed by atoms with van der Waals surface area (Å²) in [6, 6.07) is 0. The first kappa shape index (κ1) is 20.8. The summed E-state index contributed by atoms with van der Waals surface area (Å²) in [6.07, 6.45) is 13.5. The molecule has 5 aliphatic rings. The van der Waals surface area contributed by atoms with Gasteiger partial charge in [-0.1, -0.05) is 19.9 Å². The molecule has 0 aromatic carbocycles. The van der Waals surface area contributed by atoms with Crippen molar-refractivity contribution in [3.63, 3.8) is 0 Å². The molecule has 0 aromatic heterocycles. The summed E-state index contributed by atoms with van der Waals surface area (Å²) >= 11 is 0. The predicted molar refractivity (Wildman–Crippen MR) is 115 cm³/mol. The molecule has 1 heterocycles.